The van der Waals surface area contributed by atoms with Gasteiger partial charge in [0.05, 0.1) is 29.2 Å². The van der Waals surface area contributed by atoms with Gasteiger partial charge < -0.3 is 8.98 Å². The van der Waals surface area contributed by atoms with Crippen molar-refractivity contribution in [3.8, 4) is 0 Å². The van der Waals surface area contributed by atoms with Gasteiger partial charge in [-0.2, -0.15) is 0 Å². The molecule has 0 aliphatic carbocycles. The summed E-state index contributed by atoms with van der Waals surface area (Å²) in [6.07, 6.45) is 2.27. The Bertz CT molecular complexity index is 1370. The lowest BCUT2D eigenvalue weighted by molar-refractivity contribution is 0.258. The molecule has 0 amide bonds. The highest BCUT2D eigenvalue weighted by molar-refractivity contribution is 7.91. The maximum absolute atomic E-state index is 12.0. The second kappa shape index (κ2) is 8.37. The third kappa shape index (κ3) is 4.07. The van der Waals surface area contributed by atoms with Gasteiger partial charge in [0.1, 0.15) is 17.2 Å². The number of aryl methyl sites for hydroxylation is 1. The maximum atomic E-state index is 12.0. The van der Waals surface area contributed by atoms with E-state index in [1.165, 1.54) is 10.9 Å². The Labute approximate surface area is 188 Å². The van der Waals surface area contributed by atoms with Gasteiger partial charge in [-0.15, -0.1) is 0 Å². The summed E-state index contributed by atoms with van der Waals surface area (Å²) in [6.45, 7) is 3.57. The molecule has 0 bridgehead atoms. The van der Waals surface area contributed by atoms with E-state index in [2.05, 4.69) is 41.6 Å². The van der Waals surface area contributed by atoms with Crippen molar-refractivity contribution in [2.24, 2.45) is 5.92 Å². The van der Waals surface area contributed by atoms with Crippen molar-refractivity contribution < 1.29 is 12.8 Å². The fourth-order valence-corrected chi connectivity index (χ4v) is 6.76. The summed E-state index contributed by atoms with van der Waals surface area (Å²) in [5.74, 6) is 2.71. The van der Waals surface area contributed by atoms with E-state index in [1.54, 1.807) is 0 Å². The predicted octanol–water partition coefficient (Wildman–Crippen LogP) is 4.41. The summed E-state index contributed by atoms with van der Waals surface area (Å²) in [4.78, 5) is 7.16. The Kier molecular flexibility index (Phi) is 5.55. The lowest BCUT2D eigenvalue weighted by Gasteiger charge is -2.20. The molecule has 0 saturated carbocycles. The molecule has 4 aromatic rings. The van der Waals surface area contributed by atoms with Crippen LogP contribution < -0.4 is 0 Å². The van der Waals surface area contributed by atoms with Gasteiger partial charge in [0.2, 0.25) is 0 Å². The van der Waals surface area contributed by atoms with Crippen molar-refractivity contribution in [3.05, 3.63) is 65.7 Å². The minimum Gasteiger partial charge on any atom is -0.461 e. The van der Waals surface area contributed by atoms with E-state index in [9.17, 15) is 8.42 Å². The highest BCUT2D eigenvalue weighted by Gasteiger charge is 2.29. The minimum atomic E-state index is -2.90. The largest absolute Gasteiger partial charge is 0.461 e. The van der Waals surface area contributed by atoms with Crippen LogP contribution in [0.5, 0.6) is 0 Å². The van der Waals surface area contributed by atoms with Crippen LogP contribution in [0.1, 0.15) is 30.5 Å². The van der Waals surface area contributed by atoms with Crippen molar-refractivity contribution in [3.63, 3.8) is 0 Å². The van der Waals surface area contributed by atoms with Crippen molar-refractivity contribution in [1.29, 1.82) is 0 Å². The number of sulfone groups is 1. The molecule has 0 radical (unpaired) electrons. The zero-order valence-electron chi connectivity index (χ0n) is 18.6. The average Bonchev–Trinajstić information content (AvgIpc) is 3.42. The molecule has 0 N–H and O–H groups in total. The Morgan fingerprint density at radius 2 is 1.94 bits per heavy atom. The van der Waals surface area contributed by atoms with Gasteiger partial charge in [0.25, 0.3) is 0 Å². The molecule has 2 aromatic heterocycles. The number of furan rings is 1. The number of para-hydroxylation sites is 3. The summed E-state index contributed by atoms with van der Waals surface area (Å²) in [6, 6.07) is 16.4. The zero-order chi connectivity index (χ0) is 22.3. The Balaban J connectivity index is 1.43. The molecule has 0 unspecified atom stereocenters. The van der Waals surface area contributed by atoms with Crippen LogP contribution in [0, 0.1) is 5.92 Å². The molecule has 1 fully saturated rings. The van der Waals surface area contributed by atoms with Gasteiger partial charge in [-0.3, -0.25) is 4.90 Å². The highest BCUT2D eigenvalue weighted by Crippen LogP contribution is 2.29. The monoisotopic (exact) mass is 451 g/mol. The highest BCUT2D eigenvalue weighted by atomic mass is 32.2. The van der Waals surface area contributed by atoms with E-state index in [1.807, 2.05) is 30.3 Å². The molecule has 2 aromatic carbocycles. The van der Waals surface area contributed by atoms with Crippen LogP contribution in [-0.4, -0.2) is 41.4 Å². The fraction of sp³-hybridized carbons (Fsp3) is 0.400. The summed E-state index contributed by atoms with van der Waals surface area (Å²) >= 11 is 0. The van der Waals surface area contributed by atoms with E-state index in [-0.39, 0.29) is 11.7 Å². The molecule has 1 aliphatic heterocycles. The number of fused-ring (bicyclic) bond motifs is 2. The lowest BCUT2D eigenvalue weighted by atomic mass is 10.1. The quantitative estimate of drug-likeness (QED) is 0.416. The first-order valence-corrected chi connectivity index (χ1v) is 13.1. The standard InChI is InChI=1S/C25H29N3O3S/c1-3-23-20(19-8-4-7-11-24(19)31-23)15-27(2)17-28-22-10-6-5-9-21(22)26-25(28)14-18-12-13-32(29,30)16-18/h4-11,18H,3,12-17H2,1-2H3/t18-/m0/s1. The maximum Gasteiger partial charge on any atom is 0.150 e. The van der Waals surface area contributed by atoms with E-state index < -0.39 is 9.84 Å². The Hall–Kier alpha value is -2.64. The Morgan fingerprint density at radius 3 is 2.72 bits per heavy atom. The summed E-state index contributed by atoms with van der Waals surface area (Å²) < 4.78 is 32.3. The summed E-state index contributed by atoms with van der Waals surface area (Å²) in [5.41, 5.74) is 4.21. The fourth-order valence-electron chi connectivity index (χ4n) is 4.90. The molecular formula is C25H29N3O3S. The van der Waals surface area contributed by atoms with Crippen molar-refractivity contribution in [2.45, 2.75) is 39.4 Å². The molecule has 32 heavy (non-hydrogen) atoms. The second-order valence-corrected chi connectivity index (χ2v) is 11.2. The SMILES string of the molecule is CCc1oc2ccccc2c1CN(C)Cn1c(C[C@@H]2CCS(=O)(=O)C2)nc2ccccc21. The molecule has 1 saturated heterocycles. The smallest absolute Gasteiger partial charge is 0.150 e. The molecule has 1 aliphatic rings. The molecule has 6 nitrogen and oxygen atoms in total. The number of aromatic nitrogens is 2. The number of benzene rings is 2. The van der Waals surface area contributed by atoms with Crippen LogP contribution in [0.2, 0.25) is 0 Å². The first-order valence-electron chi connectivity index (χ1n) is 11.3. The van der Waals surface area contributed by atoms with Gasteiger partial charge >= 0.3 is 0 Å². The predicted molar refractivity (Wildman–Crippen MR) is 127 cm³/mol. The number of hydrogen-bond acceptors (Lipinski definition) is 5. The Morgan fingerprint density at radius 1 is 1.16 bits per heavy atom. The molecule has 0 spiro atoms. The van der Waals surface area contributed by atoms with Crippen LogP contribution in [0.15, 0.2) is 52.9 Å². The van der Waals surface area contributed by atoms with Crippen LogP contribution in [-0.2, 0) is 35.9 Å². The number of hydrogen-bond donors (Lipinski definition) is 0. The van der Waals surface area contributed by atoms with Gasteiger partial charge in [-0.1, -0.05) is 37.3 Å². The molecule has 168 valence electrons. The van der Waals surface area contributed by atoms with Gasteiger partial charge in [-0.05, 0) is 37.6 Å². The van der Waals surface area contributed by atoms with E-state index in [0.29, 0.717) is 18.8 Å². The number of imidazole rings is 1. The second-order valence-electron chi connectivity index (χ2n) is 8.93. The topological polar surface area (TPSA) is 68.3 Å². The van der Waals surface area contributed by atoms with Crippen LogP contribution in [0.3, 0.4) is 0 Å². The van der Waals surface area contributed by atoms with Crippen LogP contribution >= 0.6 is 0 Å². The molecule has 7 heteroatoms. The van der Waals surface area contributed by atoms with E-state index >= 15 is 0 Å². The van der Waals surface area contributed by atoms with Gasteiger partial charge in [0.15, 0.2) is 9.84 Å². The molecular weight excluding hydrogens is 422 g/mol. The normalized spacial score (nSPS) is 18.3. The third-order valence-electron chi connectivity index (χ3n) is 6.45. The van der Waals surface area contributed by atoms with Crippen molar-refractivity contribution in [1.82, 2.24) is 14.5 Å². The van der Waals surface area contributed by atoms with Crippen LogP contribution in [0.4, 0.5) is 0 Å². The van der Waals surface area contributed by atoms with Crippen LogP contribution in [0.25, 0.3) is 22.0 Å². The molecule has 1 atom stereocenters. The van der Waals surface area contributed by atoms with Gasteiger partial charge in [-0.25, -0.2) is 13.4 Å². The first kappa shape index (κ1) is 21.2. The summed E-state index contributed by atoms with van der Waals surface area (Å²) in [7, 11) is -0.791. The van der Waals surface area contributed by atoms with Crippen molar-refractivity contribution in [2.75, 3.05) is 18.6 Å². The zero-order valence-corrected chi connectivity index (χ0v) is 19.4. The molecule has 5 rings (SSSR count). The number of rotatable bonds is 7. The van der Waals surface area contributed by atoms with Crippen molar-refractivity contribution >= 4 is 31.8 Å². The van der Waals surface area contributed by atoms with E-state index in [0.717, 1.165) is 47.6 Å². The van der Waals surface area contributed by atoms with E-state index in [4.69, 9.17) is 9.40 Å². The molecule has 3 heterocycles. The lowest BCUT2D eigenvalue weighted by Crippen LogP contribution is -2.24. The average molecular weight is 452 g/mol. The van der Waals surface area contributed by atoms with Gasteiger partial charge in [0, 0.05) is 30.3 Å². The third-order valence-corrected chi connectivity index (χ3v) is 8.28. The minimum absolute atomic E-state index is 0.144. The number of nitrogens with zero attached hydrogens (tertiary/aromatic N) is 3. The first-order chi connectivity index (χ1) is 15.4. The summed E-state index contributed by atoms with van der Waals surface area (Å²) in [5, 5.41) is 1.17.